The van der Waals surface area contributed by atoms with Crippen LogP contribution in [0.5, 0.6) is 0 Å². The number of hydrogen-bond acceptors (Lipinski definition) is 5. The molecule has 0 unspecified atom stereocenters. The summed E-state index contributed by atoms with van der Waals surface area (Å²) in [5.41, 5.74) is 2.28. The second kappa shape index (κ2) is 9.58. The van der Waals surface area contributed by atoms with Crippen molar-refractivity contribution < 1.29 is 19.4 Å². The summed E-state index contributed by atoms with van der Waals surface area (Å²) in [5, 5.41) is 6.89. The maximum Gasteiger partial charge on any atom is 0.290 e. The number of nitrogens with zero attached hydrogens (tertiary/aromatic N) is 3. The van der Waals surface area contributed by atoms with E-state index in [0.717, 1.165) is 83.0 Å². The molecule has 1 N–H and O–H groups in total. The topological polar surface area (TPSA) is 92.1 Å². The monoisotopic (exact) mass is 457 g/mol. The Morgan fingerprint density at radius 2 is 1.76 bits per heavy atom. The number of hydrogen-bond donors (Lipinski definition) is 1. The largest absolute Gasteiger partial charge is 0.483 e. The zero-order chi connectivity index (χ0) is 22.9. The summed E-state index contributed by atoms with van der Waals surface area (Å²) in [4.78, 5) is 39.2. The van der Waals surface area contributed by atoms with Crippen LogP contribution in [-0.2, 0) is 27.4 Å². The SMILES string of the molecule is O=C(C1CCCC1)N1C[C@@H]2C[C@H](C1)c1ccc(CN3C[C@H]4COC[C@H]4C3)c(=O)n1C2.O=CO. The predicted molar refractivity (Wildman–Crippen MR) is 122 cm³/mol. The molecule has 1 aromatic rings. The normalized spacial score (nSPS) is 31.0. The second-order valence-corrected chi connectivity index (χ2v) is 10.6. The zero-order valence-corrected chi connectivity index (χ0v) is 19.2. The Morgan fingerprint density at radius 3 is 2.45 bits per heavy atom. The predicted octanol–water partition coefficient (Wildman–Crippen LogP) is 1.76. The minimum absolute atomic E-state index is 0.200. The molecule has 4 aliphatic heterocycles. The molecule has 0 aromatic carbocycles. The Kier molecular flexibility index (Phi) is 6.56. The second-order valence-electron chi connectivity index (χ2n) is 10.6. The lowest BCUT2D eigenvalue weighted by atomic mass is 9.82. The maximum absolute atomic E-state index is 13.3. The molecule has 8 heteroatoms. The van der Waals surface area contributed by atoms with Crippen LogP contribution in [0.1, 0.15) is 49.3 Å². The number of carbonyl (C=O) groups excluding carboxylic acids is 1. The molecule has 3 saturated heterocycles. The Hall–Kier alpha value is -2.19. The molecule has 5 heterocycles. The Bertz CT molecular complexity index is 928. The van der Waals surface area contributed by atoms with Crippen LogP contribution in [0.4, 0.5) is 0 Å². The number of ether oxygens (including phenoxy) is 1. The Balaban J connectivity index is 0.000000724. The fraction of sp³-hybridized carbons (Fsp3) is 0.720. The van der Waals surface area contributed by atoms with Gasteiger partial charge in [0.25, 0.3) is 12.0 Å². The van der Waals surface area contributed by atoms with E-state index in [1.54, 1.807) is 0 Å². The van der Waals surface area contributed by atoms with Crippen LogP contribution in [0.3, 0.4) is 0 Å². The van der Waals surface area contributed by atoms with E-state index in [9.17, 15) is 9.59 Å². The number of piperidine rings is 1. The van der Waals surface area contributed by atoms with E-state index in [2.05, 4.69) is 21.9 Å². The van der Waals surface area contributed by atoms with Gasteiger partial charge in [-0.25, -0.2) is 0 Å². The van der Waals surface area contributed by atoms with E-state index < -0.39 is 0 Å². The minimum atomic E-state index is -0.250. The van der Waals surface area contributed by atoms with Crippen molar-refractivity contribution in [3.63, 3.8) is 0 Å². The van der Waals surface area contributed by atoms with Crippen molar-refractivity contribution in [2.24, 2.45) is 23.7 Å². The van der Waals surface area contributed by atoms with E-state index in [1.807, 2.05) is 4.57 Å². The van der Waals surface area contributed by atoms with Crippen LogP contribution in [0.2, 0.25) is 0 Å². The minimum Gasteiger partial charge on any atom is -0.483 e. The van der Waals surface area contributed by atoms with Gasteiger partial charge in [-0.15, -0.1) is 0 Å². The molecule has 1 amide bonds. The average Bonchev–Trinajstić information content (AvgIpc) is 3.54. The summed E-state index contributed by atoms with van der Waals surface area (Å²) in [6.45, 7) is 6.76. The fourth-order valence-electron chi connectivity index (χ4n) is 6.88. The van der Waals surface area contributed by atoms with Crippen molar-refractivity contribution in [2.75, 3.05) is 39.4 Å². The standard InChI is InChI=1S/C24H33N3O3.CH2O2/c28-23(17-3-1-2-4-17)26-8-16-7-19(13-26)22-6-5-18(24(29)27(22)9-16)10-25-11-20-14-30-15-21(20)12-25;2-1-3/h5-6,16-17,19-21H,1-4,7-15H2;1H,(H,2,3)/t16-,19+,20-,21+;/m0./s1. The molecule has 0 radical (unpaired) electrons. The third-order valence-electron chi connectivity index (χ3n) is 8.41. The lowest BCUT2D eigenvalue weighted by Gasteiger charge is -2.43. The van der Waals surface area contributed by atoms with Crippen LogP contribution in [0.15, 0.2) is 16.9 Å². The van der Waals surface area contributed by atoms with Gasteiger partial charge in [-0.2, -0.15) is 0 Å². The van der Waals surface area contributed by atoms with Gasteiger partial charge in [0.2, 0.25) is 5.91 Å². The summed E-state index contributed by atoms with van der Waals surface area (Å²) in [6.07, 6.45) is 5.64. The van der Waals surface area contributed by atoms with Gasteiger partial charge in [-0.3, -0.25) is 19.3 Å². The fourth-order valence-corrected chi connectivity index (χ4v) is 6.88. The molecule has 6 rings (SSSR count). The van der Waals surface area contributed by atoms with E-state index in [0.29, 0.717) is 29.6 Å². The highest BCUT2D eigenvalue weighted by Gasteiger charge is 2.40. The van der Waals surface area contributed by atoms with Gasteiger partial charge in [-0.1, -0.05) is 18.9 Å². The highest BCUT2D eigenvalue weighted by atomic mass is 16.5. The average molecular weight is 458 g/mol. The van der Waals surface area contributed by atoms with Gasteiger partial charge in [0.1, 0.15) is 0 Å². The highest BCUT2D eigenvalue weighted by molar-refractivity contribution is 5.79. The van der Waals surface area contributed by atoms with Gasteiger partial charge < -0.3 is 19.3 Å². The van der Waals surface area contributed by atoms with Crippen molar-refractivity contribution in [1.29, 1.82) is 0 Å². The molecule has 33 heavy (non-hydrogen) atoms. The maximum atomic E-state index is 13.3. The number of carbonyl (C=O) groups is 2. The molecule has 0 spiro atoms. The molecule has 4 atom stereocenters. The number of fused-ring (bicyclic) bond motifs is 5. The zero-order valence-electron chi connectivity index (χ0n) is 19.2. The van der Waals surface area contributed by atoms with Gasteiger partial charge >= 0.3 is 0 Å². The number of aromatic nitrogens is 1. The first-order valence-electron chi connectivity index (χ1n) is 12.5. The molecule has 180 valence electrons. The quantitative estimate of drug-likeness (QED) is 0.696. The third kappa shape index (κ3) is 4.47. The van der Waals surface area contributed by atoms with Crippen LogP contribution >= 0.6 is 0 Å². The van der Waals surface area contributed by atoms with Crippen LogP contribution in [-0.4, -0.2) is 71.2 Å². The molecule has 1 aromatic heterocycles. The Labute approximate surface area is 194 Å². The first-order chi connectivity index (χ1) is 16.1. The van der Waals surface area contributed by atoms with E-state index in [4.69, 9.17) is 14.6 Å². The number of likely N-dealkylation sites (tertiary alicyclic amines) is 2. The van der Waals surface area contributed by atoms with Gasteiger partial charge in [0.15, 0.2) is 0 Å². The summed E-state index contributed by atoms with van der Waals surface area (Å²) in [6, 6.07) is 4.25. The Morgan fingerprint density at radius 1 is 1.06 bits per heavy atom. The molecule has 1 saturated carbocycles. The van der Waals surface area contributed by atoms with Crippen molar-refractivity contribution in [2.45, 2.75) is 51.1 Å². The van der Waals surface area contributed by atoms with E-state index in [1.165, 1.54) is 12.8 Å². The molecular weight excluding hydrogens is 422 g/mol. The summed E-state index contributed by atoms with van der Waals surface area (Å²) >= 11 is 0. The molecule has 4 fully saturated rings. The third-order valence-corrected chi connectivity index (χ3v) is 8.41. The van der Waals surface area contributed by atoms with Crippen LogP contribution in [0, 0.1) is 23.7 Å². The van der Waals surface area contributed by atoms with Crippen molar-refractivity contribution >= 4 is 12.4 Å². The molecular formula is C25H35N3O5. The molecule has 2 bridgehead atoms. The molecule has 8 nitrogen and oxygen atoms in total. The number of amides is 1. The first kappa shape index (κ1) is 22.6. The summed E-state index contributed by atoms with van der Waals surface area (Å²) in [7, 11) is 0. The summed E-state index contributed by atoms with van der Waals surface area (Å²) in [5.74, 6) is 2.64. The van der Waals surface area contributed by atoms with Gasteiger partial charge in [-0.05, 0) is 31.2 Å². The first-order valence-corrected chi connectivity index (χ1v) is 12.5. The lowest BCUT2D eigenvalue weighted by Crippen LogP contribution is -2.50. The van der Waals surface area contributed by atoms with E-state index in [-0.39, 0.29) is 17.9 Å². The van der Waals surface area contributed by atoms with Crippen molar-refractivity contribution in [3.05, 3.63) is 33.7 Å². The van der Waals surface area contributed by atoms with Gasteiger partial charge in [0, 0.05) is 74.2 Å². The van der Waals surface area contributed by atoms with Crippen molar-refractivity contribution in [3.8, 4) is 0 Å². The van der Waals surface area contributed by atoms with E-state index >= 15 is 0 Å². The van der Waals surface area contributed by atoms with Crippen molar-refractivity contribution in [1.82, 2.24) is 14.4 Å². The smallest absolute Gasteiger partial charge is 0.290 e. The van der Waals surface area contributed by atoms with Gasteiger partial charge in [0.05, 0.1) is 13.2 Å². The number of carboxylic acid groups (broad SMARTS) is 1. The summed E-state index contributed by atoms with van der Waals surface area (Å²) < 4.78 is 7.64. The number of pyridine rings is 1. The van der Waals surface area contributed by atoms with Crippen LogP contribution in [0.25, 0.3) is 0 Å². The highest BCUT2D eigenvalue weighted by Crippen LogP contribution is 2.37. The molecule has 5 aliphatic rings. The number of rotatable bonds is 3. The lowest BCUT2D eigenvalue weighted by molar-refractivity contribution is -0.138. The molecule has 1 aliphatic carbocycles. The van der Waals surface area contributed by atoms with Crippen LogP contribution < -0.4 is 5.56 Å².